The van der Waals surface area contributed by atoms with E-state index in [4.69, 9.17) is 0 Å². The lowest BCUT2D eigenvalue weighted by Gasteiger charge is -1.97. The number of pyridine rings is 1. The molecule has 0 bridgehead atoms. The number of carbonyl (C=O) groups excluding carboxylic acids is 1. The van der Waals surface area contributed by atoms with Gasteiger partial charge in [-0.2, -0.15) is 5.10 Å². The molecule has 17 heavy (non-hydrogen) atoms. The summed E-state index contributed by atoms with van der Waals surface area (Å²) in [7, 11) is 1.84. The molecule has 0 aromatic carbocycles. The van der Waals surface area contributed by atoms with Gasteiger partial charge in [-0.1, -0.05) is 6.07 Å². The number of hydrogen-bond donors (Lipinski definition) is 1. The summed E-state index contributed by atoms with van der Waals surface area (Å²) < 4.78 is 1.79. The minimum atomic E-state index is -0.351. The zero-order valence-electron chi connectivity index (χ0n) is 9.24. The summed E-state index contributed by atoms with van der Waals surface area (Å²) in [5.74, 6) is 0.308. The van der Waals surface area contributed by atoms with Crippen LogP contribution in [-0.4, -0.2) is 26.7 Å². The number of rotatable bonds is 3. The third-order valence-corrected chi connectivity index (χ3v) is 2.10. The fourth-order valence-corrected chi connectivity index (χ4v) is 1.20. The Hall–Kier alpha value is -2.50. The van der Waals surface area contributed by atoms with Crippen LogP contribution < -0.4 is 5.43 Å². The molecular weight excluding hydrogens is 218 g/mol. The molecule has 2 rings (SSSR count). The number of carbonyl (C=O) groups is 1. The monoisotopic (exact) mass is 229 g/mol. The first-order valence-corrected chi connectivity index (χ1v) is 4.99. The molecule has 0 aliphatic heterocycles. The van der Waals surface area contributed by atoms with E-state index < -0.39 is 0 Å². The van der Waals surface area contributed by atoms with Crippen LogP contribution in [0.3, 0.4) is 0 Å². The van der Waals surface area contributed by atoms with Gasteiger partial charge in [0.15, 0.2) is 5.82 Å². The van der Waals surface area contributed by atoms with Crippen molar-refractivity contribution in [3.05, 3.63) is 48.3 Å². The van der Waals surface area contributed by atoms with Gasteiger partial charge in [-0.15, -0.1) is 0 Å². The van der Waals surface area contributed by atoms with Crippen molar-refractivity contribution >= 4 is 12.1 Å². The Morgan fingerprint density at radius 2 is 2.29 bits per heavy atom. The highest BCUT2D eigenvalue weighted by Crippen LogP contribution is 1.93. The van der Waals surface area contributed by atoms with Gasteiger partial charge >= 0.3 is 0 Å². The number of imidazole rings is 1. The highest BCUT2D eigenvalue weighted by atomic mass is 16.2. The first kappa shape index (κ1) is 11.0. The van der Waals surface area contributed by atoms with Crippen LogP contribution in [0.2, 0.25) is 0 Å². The van der Waals surface area contributed by atoms with Crippen molar-refractivity contribution in [3.8, 4) is 0 Å². The largest absolute Gasteiger partial charge is 0.333 e. The molecule has 0 aliphatic carbocycles. The lowest BCUT2D eigenvalue weighted by Crippen LogP contribution is -2.19. The Balaban J connectivity index is 1.97. The Morgan fingerprint density at radius 3 is 2.94 bits per heavy atom. The maximum absolute atomic E-state index is 11.5. The van der Waals surface area contributed by atoms with Crippen LogP contribution in [0.4, 0.5) is 0 Å². The number of aryl methyl sites for hydroxylation is 1. The smallest absolute Gasteiger partial charge is 0.289 e. The van der Waals surface area contributed by atoms with E-state index >= 15 is 0 Å². The second-order valence-corrected chi connectivity index (χ2v) is 3.31. The molecule has 0 atom stereocenters. The first-order valence-electron chi connectivity index (χ1n) is 4.99. The van der Waals surface area contributed by atoms with E-state index in [2.05, 4.69) is 20.5 Å². The minimum Gasteiger partial charge on any atom is -0.333 e. The predicted molar refractivity (Wildman–Crippen MR) is 62.5 cm³/mol. The maximum Gasteiger partial charge on any atom is 0.289 e. The maximum atomic E-state index is 11.5. The lowest BCUT2D eigenvalue weighted by molar-refractivity contribution is 0.0950. The molecule has 6 heteroatoms. The molecule has 0 unspecified atom stereocenters. The molecule has 86 valence electrons. The molecule has 2 aromatic rings. The third kappa shape index (κ3) is 2.75. The normalized spacial score (nSPS) is 10.6. The molecule has 0 aliphatic rings. The van der Waals surface area contributed by atoms with Crippen LogP contribution in [0.25, 0.3) is 0 Å². The SMILES string of the molecule is Cn1ccnc1/C=N/NC(=O)c1ccccn1. The number of hydrogen-bond acceptors (Lipinski definition) is 4. The van der Waals surface area contributed by atoms with Gasteiger partial charge in [0.25, 0.3) is 5.91 Å². The summed E-state index contributed by atoms with van der Waals surface area (Å²) >= 11 is 0. The first-order chi connectivity index (χ1) is 8.27. The molecule has 6 nitrogen and oxygen atoms in total. The topological polar surface area (TPSA) is 72.2 Å². The Morgan fingerprint density at radius 1 is 1.41 bits per heavy atom. The van der Waals surface area contributed by atoms with Crippen molar-refractivity contribution in [1.82, 2.24) is 20.0 Å². The van der Waals surface area contributed by atoms with Crippen LogP contribution in [0, 0.1) is 0 Å². The molecule has 0 radical (unpaired) electrons. The van der Waals surface area contributed by atoms with Gasteiger partial charge in [-0.25, -0.2) is 10.4 Å². The van der Waals surface area contributed by atoms with Crippen molar-refractivity contribution < 1.29 is 4.79 Å². The number of amides is 1. The van der Waals surface area contributed by atoms with E-state index in [1.54, 1.807) is 41.4 Å². The zero-order chi connectivity index (χ0) is 12.1. The van der Waals surface area contributed by atoms with E-state index in [1.165, 1.54) is 6.21 Å². The summed E-state index contributed by atoms with van der Waals surface area (Å²) in [5, 5.41) is 3.80. The molecule has 0 saturated carbocycles. The van der Waals surface area contributed by atoms with Crippen molar-refractivity contribution in [3.63, 3.8) is 0 Å². The molecule has 2 heterocycles. The molecular formula is C11H11N5O. The van der Waals surface area contributed by atoms with Gasteiger partial charge in [0, 0.05) is 25.6 Å². The molecule has 1 amide bonds. The van der Waals surface area contributed by atoms with Crippen molar-refractivity contribution in [2.45, 2.75) is 0 Å². The molecule has 1 N–H and O–H groups in total. The van der Waals surface area contributed by atoms with E-state index in [0.29, 0.717) is 11.5 Å². The Kier molecular flexibility index (Phi) is 3.25. The summed E-state index contributed by atoms with van der Waals surface area (Å²) in [6, 6.07) is 5.10. The van der Waals surface area contributed by atoms with Crippen LogP contribution in [0.15, 0.2) is 41.9 Å². The van der Waals surface area contributed by atoms with Gasteiger partial charge < -0.3 is 4.57 Å². The Bertz CT molecular complexity index is 532. The fraction of sp³-hybridized carbons (Fsp3) is 0.0909. The molecule has 0 saturated heterocycles. The quantitative estimate of drug-likeness (QED) is 0.618. The van der Waals surface area contributed by atoms with E-state index in [-0.39, 0.29) is 5.91 Å². The summed E-state index contributed by atoms with van der Waals surface area (Å²) in [6.07, 6.45) is 6.47. The fourth-order valence-electron chi connectivity index (χ4n) is 1.20. The standard InChI is InChI=1S/C11H11N5O/c1-16-7-6-13-10(16)8-14-15-11(17)9-4-2-3-5-12-9/h2-8H,1H3,(H,15,17)/b14-8+. The number of nitrogens with zero attached hydrogens (tertiary/aromatic N) is 4. The minimum absolute atomic E-state index is 0.324. The van der Waals surface area contributed by atoms with Gasteiger partial charge in [0.1, 0.15) is 5.69 Å². The molecule has 2 aromatic heterocycles. The average Bonchev–Trinajstić information content (AvgIpc) is 2.76. The van der Waals surface area contributed by atoms with Gasteiger partial charge in [0.2, 0.25) is 0 Å². The highest BCUT2D eigenvalue weighted by Gasteiger charge is 2.03. The van der Waals surface area contributed by atoms with Gasteiger partial charge in [-0.05, 0) is 12.1 Å². The third-order valence-electron chi connectivity index (χ3n) is 2.10. The Labute approximate surface area is 98.0 Å². The van der Waals surface area contributed by atoms with Crippen molar-refractivity contribution in [1.29, 1.82) is 0 Å². The predicted octanol–water partition coefficient (Wildman–Crippen LogP) is 0.579. The molecule has 0 spiro atoms. The van der Waals surface area contributed by atoms with E-state index in [0.717, 1.165) is 0 Å². The van der Waals surface area contributed by atoms with Crippen LogP contribution in [-0.2, 0) is 7.05 Å². The number of hydrazone groups is 1. The summed E-state index contributed by atoms with van der Waals surface area (Å²) in [4.78, 5) is 19.5. The number of nitrogens with one attached hydrogen (secondary N) is 1. The van der Waals surface area contributed by atoms with E-state index in [9.17, 15) is 4.79 Å². The van der Waals surface area contributed by atoms with Crippen LogP contribution in [0.1, 0.15) is 16.3 Å². The number of aromatic nitrogens is 3. The van der Waals surface area contributed by atoms with E-state index in [1.807, 2.05) is 7.05 Å². The molecule has 0 fully saturated rings. The lowest BCUT2D eigenvalue weighted by atomic mass is 10.3. The second-order valence-electron chi connectivity index (χ2n) is 3.31. The second kappa shape index (κ2) is 5.02. The van der Waals surface area contributed by atoms with Crippen molar-refractivity contribution in [2.24, 2.45) is 12.1 Å². The van der Waals surface area contributed by atoms with Gasteiger partial charge in [0.05, 0.1) is 6.21 Å². The summed E-state index contributed by atoms with van der Waals surface area (Å²) in [5.41, 5.74) is 2.70. The average molecular weight is 229 g/mol. The highest BCUT2D eigenvalue weighted by molar-refractivity contribution is 5.92. The van der Waals surface area contributed by atoms with Crippen molar-refractivity contribution in [2.75, 3.05) is 0 Å². The summed E-state index contributed by atoms with van der Waals surface area (Å²) in [6.45, 7) is 0. The van der Waals surface area contributed by atoms with Crippen LogP contribution in [0.5, 0.6) is 0 Å². The van der Waals surface area contributed by atoms with Crippen LogP contribution >= 0.6 is 0 Å². The zero-order valence-corrected chi connectivity index (χ0v) is 9.24. The van der Waals surface area contributed by atoms with Gasteiger partial charge in [-0.3, -0.25) is 9.78 Å².